The van der Waals surface area contributed by atoms with E-state index in [2.05, 4.69) is 10.6 Å². The van der Waals surface area contributed by atoms with Crippen LogP contribution in [0.2, 0.25) is 0 Å². The number of rotatable bonds is 20. The third-order valence-corrected chi connectivity index (χ3v) is 9.36. The van der Waals surface area contributed by atoms with Gasteiger partial charge in [0.15, 0.2) is 0 Å². The number of hydrogen-bond donors (Lipinski definition) is 10. The van der Waals surface area contributed by atoms with Crippen LogP contribution < -0.4 is 22.1 Å². The minimum absolute atomic E-state index is 0.175. The van der Waals surface area contributed by atoms with Crippen LogP contribution >= 0.6 is 23.5 Å². The average molecular weight is 769 g/mol. The van der Waals surface area contributed by atoms with Crippen molar-refractivity contribution in [3.05, 3.63) is 10.7 Å². The van der Waals surface area contributed by atoms with Crippen LogP contribution in [0.4, 0.5) is 9.59 Å². The molecule has 0 aromatic rings. The molecule has 23 nitrogen and oxygen atoms in total. The minimum atomic E-state index is -2.73. The summed E-state index contributed by atoms with van der Waals surface area (Å²) in [6.07, 6.45) is -5.29. The largest absolute Gasteiger partial charge is 0.501 e. The Bertz CT molecular complexity index is 1470. The van der Waals surface area contributed by atoms with Crippen LogP contribution in [0.15, 0.2) is 10.7 Å². The zero-order valence-electron chi connectivity index (χ0n) is 26.8. The van der Waals surface area contributed by atoms with Gasteiger partial charge in [-0.15, -0.1) is 11.8 Å². The summed E-state index contributed by atoms with van der Waals surface area (Å²) < 4.78 is 4.98. The van der Waals surface area contributed by atoms with Crippen LogP contribution in [0.5, 0.6) is 0 Å². The van der Waals surface area contributed by atoms with Crippen molar-refractivity contribution in [1.29, 1.82) is 0 Å². The zero-order chi connectivity index (χ0) is 39.4. The highest BCUT2D eigenvalue weighted by Gasteiger charge is 2.55. The zero-order valence-corrected chi connectivity index (χ0v) is 28.4. The van der Waals surface area contributed by atoms with Gasteiger partial charge in [-0.2, -0.15) is 11.8 Å². The number of carbonyl (C=O) groups excluding carboxylic acids is 5. The fourth-order valence-electron chi connectivity index (χ4n) is 3.87. The third kappa shape index (κ3) is 12.3. The number of hydrogen-bond acceptors (Lipinski definition) is 16. The molecule has 4 unspecified atom stereocenters. The molecule has 0 radical (unpaired) electrons. The Labute approximate surface area is 295 Å². The fraction of sp³-hybridized carbons (Fsp3) is 0.538. The van der Waals surface area contributed by atoms with Gasteiger partial charge in [-0.3, -0.25) is 28.8 Å². The Morgan fingerprint density at radius 3 is 1.55 bits per heavy atom. The number of nitrogens with two attached hydrogens (primary N) is 2. The molecule has 5 atom stereocenters. The summed E-state index contributed by atoms with van der Waals surface area (Å²) in [5.74, 6) is -14.0. The van der Waals surface area contributed by atoms with Crippen LogP contribution in [0.1, 0.15) is 25.7 Å². The van der Waals surface area contributed by atoms with E-state index in [1.54, 1.807) is 0 Å². The molecule has 51 heavy (non-hydrogen) atoms. The number of nitrogens with one attached hydrogen (secondary N) is 2. The molecular weight excluding hydrogens is 732 g/mol. The molecule has 0 saturated carbocycles. The maximum absolute atomic E-state index is 12.9. The van der Waals surface area contributed by atoms with E-state index < -0.39 is 130 Å². The molecule has 0 aromatic heterocycles. The van der Waals surface area contributed by atoms with E-state index >= 15 is 0 Å². The summed E-state index contributed by atoms with van der Waals surface area (Å²) in [6, 6.07) is -6.33. The number of aliphatic carboxylic acids is 3. The van der Waals surface area contributed by atoms with Crippen LogP contribution in [0.25, 0.3) is 0 Å². The first-order valence-electron chi connectivity index (χ1n) is 14.2. The number of ether oxygens (including phenoxy) is 1. The van der Waals surface area contributed by atoms with E-state index in [4.69, 9.17) is 26.4 Å². The van der Waals surface area contributed by atoms with Crippen molar-refractivity contribution in [2.45, 2.75) is 55.5 Å². The molecule has 1 aliphatic heterocycles. The maximum Gasteiger partial charge on any atom is 0.413 e. The van der Waals surface area contributed by atoms with Crippen molar-refractivity contribution in [2.24, 2.45) is 11.5 Å². The first-order chi connectivity index (χ1) is 23.6. The highest BCUT2D eigenvalue weighted by Crippen LogP contribution is 2.42. The van der Waals surface area contributed by atoms with Gasteiger partial charge < -0.3 is 57.5 Å². The van der Waals surface area contributed by atoms with Gasteiger partial charge in [0, 0.05) is 44.2 Å². The second-order valence-electron chi connectivity index (χ2n) is 10.6. The SMILES string of the molecule is CN(C(=O)O)C(=O)C(CSC[C@@]1(C(=O)O)OC(=O)C(O)=C1SCC(NC(=O)CCC(N)C(=O)O)C(=O)N(C)C(=O)O)NC(=O)CCC(N)C(=O)O. The van der Waals surface area contributed by atoms with Gasteiger partial charge in [0.25, 0.3) is 17.4 Å². The molecule has 0 fully saturated rings. The lowest BCUT2D eigenvalue weighted by atomic mass is 10.1. The van der Waals surface area contributed by atoms with Gasteiger partial charge in [-0.1, -0.05) is 0 Å². The summed E-state index contributed by atoms with van der Waals surface area (Å²) >= 11 is 0.818. The van der Waals surface area contributed by atoms with Gasteiger partial charge in [-0.05, 0) is 12.8 Å². The van der Waals surface area contributed by atoms with Gasteiger partial charge >= 0.3 is 36.1 Å². The molecule has 6 amide bonds. The molecule has 1 rings (SSSR count). The number of amides is 6. The van der Waals surface area contributed by atoms with Crippen LogP contribution in [-0.4, -0.2) is 161 Å². The van der Waals surface area contributed by atoms with Crippen LogP contribution in [0.3, 0.4) is 0 Å². The maximum atomic E-state index is 12.9. The number of carbonyl (C=O) groups is 10. The quantitative estimate of drug-likeness (QED) is 0.0560. The summed E-state index contributed by atoms with van der Waals surface area (Å²) in [5, 5.41) is 61.3. The number of imide groups is 2. The van der Waals surface area contributed by atoms with Crippen molar-refractivity contribution < 1.29 is 83.3 Å². The lowest BCUT2D eigenvalue weighted by Gasteiger charge is -2.28. The average Bonchev–Trinajstić information content (AvgIpc) is 3.30. The molecule has 0 spiro atoms. The standard InChI is InChI=1S/C26H36N6O17S2/c1-31(24(45)46)18(36)12(29-14(33)5-3-10(27)20(38)39)7-50-9-26(23(43)44)17(16(35)22(42)49-26)51-8-13(19(37)32(2)25(47)48)30-15(34)6-4-11(28)21(40)41/h10-13,35H,3-9,27-28H2,1-2H3,(H,29,33)(H,30,34)(H,38,39)(H,40,41)(H,43,44)(H,45,46)(H,47,48)/t10?,11?,12?,13?,26-/m1/s1. The van der Waals surface area contributed by atoms with E-state index in [0.717, 1.165) is 14.1 Å². The molecule has 0 aliphatic carbocycles. The Hall–Kier alpha value is -5.14. The normalized spacial score (nSPS) is 17.6. The second kappa shape index (κ2) is 19.3. The Balaban J connectivity index is 3.30. The van der Waals surface area contributed by atoms with Crippen molar-refractivity contribution in [2.75, 3.05) is 31.4 Å². The number of thioether (sulfide) groups is 2. The molecular formula is C26H36N6O17S2. The number of carboxylic acids is 3. The van der Waals surface area contributed by atoms with Gasteiger partial charge in [0.05, 0.1) is 4.91 Å². The number of nitrogens with zero attached hydrogens (tertiary/aromatic N) is 2. The number of carboxylic acid groups (broad SMARTS) is 5. The highest BCUT2D eigenvalue weighted by atomic mass is 32.2. The van der Waals surface area contributed by atoms with Gasteiger partial charge in [-0.25, -0.2) is 29.0 Å². The topological polar surface area (TPSA) is 384 Å². The third-order valence-electron chi connectivity index (χ3n) is 6.87. The van der Waals surface area contributed by atoms with Crippen LogP contribution in [-0.2, 0) is 43.1 Å². The predicted molar refractivity (Wildman–Crippen MR) is 171 cm³/mol. The summed E-state index contributed by atoms with van der Waals surface area (Å²) in [7, 11) is 1.67. The van der Waals surface area contributed by atoms with Crippen molar-refractivity contribution in [3.63, 3.8) is 0 Å². The number of cyclic esters (lactones) is 1. The molecule has 12 N–H and O–H groups in total. The van der Waals surface area contributed by atoms with E-state index in [1.165, 1.54) is 0 Å². The number of aliphatic hydroxyl groups is 1. The first kappa shape index (κ1) is 43.9. The number of aliphatic hydroxyl groups excluding tert-OH is 1. The monoisotopic (exact) mass is 768 g/mol. The molecule has 0 bridgehead atoms. The summed E-state index contributed by atoms with van der Waals surface area (Å²) in [4.78, 5) is 120. The van der Waals surface area contributed by atoms with Crippen LogP contribution in [0, 0.1) is 0 Å². The second-order valence-corrected chi connectivity index (χ2v) is 12.7. The molecule has 0 saturated heterocycles. The molecule has 25 heteroatoms. The Kier molecular flexibility index (Phi) is 16.6. The minimum Gasteiger partial charge on any atom is -0.501 e. The first-order valence-corrected chi connectivity index (χ1v) is 16.4. The number of esters is 1. The van der Waals surface area contributed by atoms with E-state index in [0.29, 0.717) is 23.5 Å². The summed E-state index contributed by atoms with van der Waals surface area (Å²) in [6.45, 7) is 0. The Morgan fingerprint density at radius 1 is 0.765 bits per heavy atom. The highest BCUT2D eigenvalue weighted by molar-refractivity contribution is 8.03. The van der Waals surface area contributed by atoms with E-state index in [-0.39, 0.29) is 22.6 Å². The summed E-state index contributed by atoms with van der Waals surface area (Å²) in [5.41, 5.74) is 8.00. The van der Waals surface area contributed by atoms with E-state index in [1.807, 2.05) is 0 Å². The van der Waals surface area contributed by atoms with E-state index in [9.17, 15) is 68.4 Å². The molecule has 1 heterocycles. The lowest BCUT2D eigenvalue weighted by Crippen LogP contribution is -2.51. The predicted octanol–water partition coefficient (Wildman–Crippen LogP) is -2.77. The van der Waals surface area contributed by atoms with Crippen molar-refractivity contribution in [3.8, 4) is 0 Å². The molecule has 0 aromatic carbocycles. The fourth-order valence-corrected chi connectivity index (χ4v) is 6.36. The van der Waals surface area contributed by atoms with Gasteiger partial charge in [0.2, 0.25) is 17.6 Å². The number of likely N-dealkylation sites (N-methyl/N-ethyl adjacent to an activating group) is 2. The van der Waals surface area contributed by atoms with Crippen molar-refractivity contribution >= 4 is 83.2 Å². The lowest BCUT2D eigenvalue weighted by molar-refractivity contribution is -0.165. The Morgan fingerprint density at radius 2 is 1.18 bits per heavy atom. The molecule has 1 aliphatic rings. The van der Waals surface area contributed by atoms with Crippen molar-refractivity contribution in [1.82, 2.24) is 20.4 Å². The van der Waals surface area contributed by atoms with Gasteiger partial charge in [0.1, 0.15) is 24.2 Å². The smallest absolute Gasteiger partial charge is 0.413 e. The molecule has 284 valence electrons.